The second kappa shape index (κ2) is 7.02. The Morgan fingerprint density at radius 2 is 1.65 bits per heavy atom. The van der Waals surface area contributed by atoms with E-state index in [1.165, 1.54) is 28.6 Å². The van der Waals surface area contributed by atoms with Crippen LogP contribution < -0.4 is 4.90 Å². The first-order valence-corrected chi connectivity index (χ1v) is 10.2. The molecule has 7 heteroatoms. The normalized spacial score (nSPS) is 19.0. The average Bonchev–Trinajstić information content (AvgIpc) is 2.60. The van der Waals surface area contributed by atoms with Crippen LogP contribution in [0.15, 0.2) is 47.4 Å². The Bertz CT molecular complexity index is 942. The zero-order chi connectivity index (χ0) is 19.1. The Morgan fingerprint density at radius 1 is 1.00 bits per heavy atom. The number of piperazine rings is 1. The first-order valence-electron chi connectivity index (χ1n) is 8.38. The summed E-state index contributed by atoms with van der Waals surface area (Å²) in [6.07, 6.45) is 0. The molecule has 5 nitrogen and oxygen atoms in total. The van der Waals surface area contributed by atoms with Crippen LogP contribution >= 0.6 is 11.6 Å². The van der Waals surface area contributed by atoms with Gasteiger partial charge in [-0.15, -0.1) is 0 Å². The van der Waals surface area contributed by atoms with E-state index in [0.717, 1.165) is 16.8 Å². The molecule has 1 heterocycles. The van der Waals surface area contributed by atoms with Crippen LogP contribution in [0.4, 0.5) is 5.69 Å². The molecule has 2 aromatic carbocycles. The summed E-state index contributed by atoms with van der Waals surface area (Å²) in [6, 6.07) is 11.1. The van der Waals surface area contributed by atoms with Gasteiger partial charge in [-0.3, -0.25) is 4.79 Å². The third-order valence-corrected chi connectivity index (χ3v) is 7.06. The molecule has 3 rings (SSSR count). The lowest BCUT2D eigenvalue weighted by molar-refractivity contribution is -0.123. The molecule has 0 aromatic heterocycles. The number of sulfonamides is 1. The molecule has 0 spiro atoms. The summed E-state index contributed by atoms with van der Waals surface area (Å²) >= 11 is 5.84. The Kier molecular flexibility index (Phi) is 5.10. The van der Waals surface area contributed by atoms with Gasteiger partial charge in [-0.1, -0.05) is 17.7 Å². The Balaban J connectivity index is 1.87. The predicted molar refractivity (Wildman–Crippen MR) is 103 cm³/mol. The Hall–Kier alpha value is -1.89. The highest BCUT2D eigenvalue weighted by Gasteiger charge is 2.39. The molecule has 0 aliphatic carbocycles. The van der Waals surface area contributed by atoms with E-state index >= 15 is 0 Å². The maximum atomic E-state index is 12.9. The molecule has 0 bridgehead atoms. The second-order valence-corrected chi connectivity index (χ2v) is 8.83. The van der Waals surface area contributed by atoms with Gasteiger partial charge in [0.1, 0.15) is 6.04 Å². The summed E-state index contributed by atoms with van der Waals surface area (Å²) in [7, 11) is -3.75. The average molecular weight is 393 g/mol. The number of hydrogen-bond acceptors (Lipinski definition) is 3. The molecule has 1 atom stereocenters. The van der Waals surface area contributed by atoms with Gasteiger partial charge < -0.3 is 4.90 Å². The van der Waals surface area contributed by atoms with E-state index in [9.17, 15) is 13.2 Å². The van der Waals surface area contributed by atoms with Crippen LogP contribution in [0.2, 0.25) is 5.02 Å². The number of carbonyl (C=O) groups excluding carboxylic acids is 1. The van der Waals surface area contributed by atoms with E-state index in [4.69, 9.17) is 11.6 Å². The molecule has 1 unspecified atom stereocenters. The molecule has 0 saturated carbocycles. The minimum absolute atomic E-state index is 0.140. The molecule has 26 heavy (non-hydrogen) atoms. The summed E-state index contributed by atoms with van der Waals surface area (Å²) in [5, 5.41) is 0.465. The molecular weight excluding hydrogens is 372 g/mol. The van der Waals surface area contributed by atoms with Gasteiger partial charge in [0.05, 0.1) is 4.90 Å². The van der Waals surface area contributed by atoms with E-state index in [1.54, 1.807) is 11.8 Å². The molecule has 0 N–H and O–H groups in total. The topological polar surface area (TPSA) is 57.7 Å². The van der Waals surface area contributed by atoms with Gasteiger partial charge in [-0.25, -0.2) is 8.42 Å². The number of hydrogen-bond donors (Lipinski definition) is 0. The van der Waals surface area contributed by atoms with Crippen LogP contribution in [-0.2, 0) is 14.8 Å². The van der Waals surface area contributed by atoms with Gasteiger partial charge in [0.25, 0.3) is 0 Å². The van der Waals surface area contributed by atoms with E-state index in [-0.39, 0.29) is 17.3 Å². The van der Waals surface area contributed by atoms with Crippen molar-refractivity contribution in [1.29, 1.82) is 0 Å². The smallest absolute Gasteiger partial charge is 0.245 e. The van der Waals surface area contributed by atoms with E-state index in [1.807, 2.05) is 32.0 Å². The SMILES string of the molecule is Cc1ccc(N2CCN(S(=O)(=O)c3ccc(Cl)cc3)C(C)C2=O)cc1C. The third kappa shape index (κ3) is 3.37. The molecule has 1 aliphatic rings. The van der Waals surface area contributed by atoms with Gasteiger partial charge in [0.15, 0.2) is 0 Å². The summed E-state index contributed by atoms with van der Waals surface area (Å²) in [4.78, 5) is 14.7. The second-order valence-electron chi connectivity index (χ2n) is 6.50. The van der Waals surface area contributed by atoms with Gasteiger partial charge in [-0.05, 0) is 68.3 Å². The number of aryl methyl sites for hydroxylation is 2. The molecule has 1 fully saturated rings. The number of halogens is 1. The first kappa shape index (κ1) is 18.9. The number of amides is 1. The Morgan fingerprint density at radius 3 is 2.27 bits per heavy atom. The number of benzene rings is 2. The van der Waals surface area contributed by atoms with Crippen molar-refractivity contribution in [3.05, 3.63) is 58.6 Å². The van der Waals surface area contributed by atoms with Crippen LogP contribution in [-0.4, -0.2) is 37.8 Å². The maximum Gasteiger partial charge on any atom is 0.245 e. The van der Waals surface area contributed by atoms with Crippen LogP contribution in [0, 0.1) is 13.8 Å². The quantitative estimate of drug-likeness (QED) is 0.804. The highest BCUT2D eigenvalue weighted by molar-refractivity contribution is 7.89. The van der Waals surface area contributed by atoms with Gasteiger partial charge in [0, 0.05) is 23.8 Å². The van der Waals surface area contributed by atoms with Crippen LogP contribution in [0.25, 0.3) is 0 Å². The fourth-order valence-corrected chi connectivity index (χ4v) is 4.78. The fraction of sp³-hybridized carbons (Fsp3) is 0.316. The molecule has 138 valence electrons. The van der Waals surface area contributed by atoms with Crippen molar-refractivity contribution in [3.63, 3.8) is 0 Å². The van der Waals surface area contributed by atoms with Gasteiger partial charge in [0.2, 0.25) is 15.9 Å². The van der Waals surface area contributed by atoms with Crippen molar-refractivity contribution in [1.82, 2.24) is 4.31 Å². The fourth-order valence-electron chi connectivity index (χ4n) is 3.07. The zero-order valence-corrected chi connectivity index (χ0v) is 16.5. The Labute approximate surface area is 159 Å². The number of rotatable bonds is 3. The van der Waals surface area contributed by atoms with Crippen molar-refractivity contribution in [3.8, 4) is 0 Å². The lowest BCUT2D eigenvalue weighted by atomic mass is 10.1. The predicted octanol–water partition coefficient (Wildman–Crippen LogP) is 3.38. The molecule has 1 aliphatic heterocycles. The van der Waals surface area contributed by atoms with Gasteiger partial charge >= 0.3 is 0 Å². The van der Waals surface area contributed by atoms with Crippen LogP contribution in [0.1, 0.15) is 18.1 Å². The van der Waals surface area contributed by atoms with Crippen molar-refractivity contribution in [2.75, 3.05) is 18.0 Å². The molecule has 0 radical (unpaired) electrons. The lowest BCUT2D eigenvalue weighted by Crippen LogP contribution is -2.57. The van der Waals surface area contributed by atoms with Gasteiger partial charge in [-0.2, -0.15) is 4.31 Å². The largest absolute Gasteiger partial charge is 0.310 e. The monoisotopic (exact) mass is 392 g/mol. The summed E-state index contributed by atoms with van der Waals surface area (Å²) in [5.41, 5.74) is 3.05. The number of nitrogens with zero attached hydrogens (tertiary/aromatic N) is 2. The van der Waals surface area contributed by atoms with E-state index < -0.39 is 16.1 Å². The molecule has 1 amide bonds. The highest BCUT2D eigenvalue weighted by Crippen LogP contribution is 2.27. The third-order valence-electron chi connectivity index (χ3n) is 4.82. The maximum absolute atomic E-state index is 12.9. The van der Waals surface area contributed by atoms with Crippen molar-refractivity contribution >= 4 is 33.2 Å². The van der Waals surface area contributed by atoms with E-state index in [0.29, 0.717) is 11.6 Å². The molecule has 1 saturated heterocycles. The van der Waals surface area contributed by atoms with E-state index in [2.05, 4.69) is 0 Å². The first-order chi connectivity index (χ1) is 12.2. The standard InChI is InChI=1S/C19H21ClN2O3S/c1-13-4-7-17(12-14(13)2)21-10-11-22(15(3)19(21)23)26(24,25)18-8-5-16(20)6-9-18/h4-9,12,15H,10-11H2,1-3H3. The van der Waals surface area contributed by atoms with Crippen LogP contribution in [0.3, 0.4) is 0 Å². The molecule has 2 aromatic rings. The minimum Gasteiger partial charge on any atom is -0.310 e. The minimum atomic E-state index is -3.75. The van der Waals surface area contributed by atoms with Crippen molar-refractivity contribution in [2.45, 2.75) is 31.7 Å². The molecular formula is C19H21ClN2O3S. The van der Waals surface area contributed by atoms with Crippen LogP contribution in [0.5, 0.6) is 0 Å². The summed E-state index contributed by atoms with van der Waals surface area (Å²) < 4.78 is 27.1. The summed E-state index contributed by atoms with van der Waals surface area (Å²) in [5.74, 6) is -0.225. The van der Waals surface area contributed by atoms with Crippen molar-refractivity contribution < 1.29 is 13.2 Å². The lowest BCUT2D eigenvalue weighted by Gasteiger charge is -2.38. The number of anilines is 1. The summed E-state index contributed by atoms with van der Waals surface area (Å²) in [6.45, 7) is 6.19. The van der Waals surface area contributed by atoms with Crippen molar-refractivity contribution in [2.24, 2.45) is 0 Å². The highest BCUT2D eigenvalue weighted by atomic mass is 35.5. The zero-order valence-electron chi connectivity index (χ0n) is 14.9. The number of carbonyl (C=O) groups is 1.